The molecule has 1 aromatic carbocycles. The van der Waals surface area contributed by atoms with Gasteiger partial charge in [0, 0.05) is 4.47 Å². The standard InChI is InChI=1S/C16H16BrNO3S/c1-2-13(11-5-7-12(17)8-6-11)18-15(19)10-21-16(20)14-4-3-9-22-14/h3-9,13H,2,10H2,1H3,(H,18,19)/t13-/m0/s1. The summed E-state index contributed by atoms with van der Waals surface area (Å²) in [6.45, 7) is 1.72. The molecule has 0 aliphatic rings. The molecule has 0 aliphatic carbocycles. The SMILES string of the molecule is CC[C@H](NC(=O)COC(=O)c1cccs1)c1ccc(Br)cc1. The third kappa shape index (κ3) is 4.68. The molecule has 1 atom stereocenters. The Morgan fingerprint density at radius 1 is 1.27 bits per heavy atom. The first kappa shape index (κ1) is 16.7. The van der Waals surface area contributed by atoms with Crippen LogP contribution in [0.25, 0.3) is 0 Å². The Hall–Kier alpha value is -1.66. The van der Waals surface area contributed by atoms with Crippen molar-refractivity contribution in [2.75, 3.05) is 6.61 Å². The molecule has 0 saturated carbocycles. The number of ether oxygens (including phenoxy) is 1. The van der Waals surface area contributed by atoms with Crippen molar-refractivity contribution in [3.8, 4) is 0 Å². The molecule has 1 heterocycles. The van der Waals surface area contributed by atoms with Crippen LogP contribution in [0.5, 0.6) is 0 Å². The zero-order valence-corrected chi connectivity index (χ0v) is 14.4. The lowest BCUT2D eigenvalue weighted by Crippen LogP contribution is -2.32. The lowest BCUT2D eigenvalue weighted by atomic mass is 10.0. The van der Waals surface area contributed by atoms with Gasteiger partial charge in [-0.05, 0) is 35.6 Å². The highest BCUT2D eigenvalue weighted by Gasteiger charge is 2.15. The lowest BCUT2D eigenvalue weighted by molar-refractivity contribution is -0.125. The smallest absolute Gasteiger partial charge is 0.348 e. The second kappa shape index (κ2) is 8.10. The topological polar surface area (TPSA) is 55.4 Å². The quantitative estimate of drug-likeness (QED) is 0.771. The molecule has 0 spiro atoms. The fourth-order valence-corrected chi connectivity index (χ4v) is 2.83. The summed E-state index contributed by atoms with van der Waals surface area (Å²) in [5.74, 6) is -0.776. The number of thiophene rings is 1. The van der Waals surface area contributed by atoms with Gasteiger partial charge in [-0.3, -0.25) is 4.79 Å². The van der Waals surface area contributed by atoms with E-state index in [0.717, 1.165) is 16.5 Å². The molecule has 116 valence electrons. The third-order valence-corrected chi connectivity index (χ3v) is 4.45. The summed E-state index contributed by atoms with van der Waals surface area (Å²) >= 11 is 4.67. The number of hydrogen-bond donors (Lipinski definition) is 1. The Kier molecular flexibility index (Phi) is 6.15. The van der Waals surface area contributed by atoms with E-state index >= 15 is 0 Å². The maximum atomic E-state index is 11.9. The van der Waals surface area contributed by atoms with E-state index < -0.39 is 5.97 Å². The van der Waals surface area contributed by atoms with Crippen LogP contribution in [0.2, 0.25) is 0 Å². The summed E-state index contributed by atoms with van der Waals surface area (Å²) < 4.78 is 5.99. The van der Waals surface area contributed by atoms with Crippen molar-refractivity contribution in [1.29, 1.82) is 0 Å². The summed E-state index contributed by atoms with van der Waals surface area (Å²) in [6.07, 6.45) is 0.756. The summed E-state index contributed by atoms with van der Waals surface area (Å²) in [5.41, 5.74) is 1.02. The molecular formula is C16H16BrNO3S. The van der Waals surface area contributed by atoms with Gasteiger partial charge in [0.2, 0.25) is 0 Å². The van der Waals surface area contributed by atoms with Gasteiger partial charge in [-0.1, -0.05) is 41.1 Å². The maximum Gasteiger partial charge on any atom is 0.348 e. The Morgan fingerprint density at radius 2 is 2.00 bits per heavy atom. The van der Waals surface area contributed by atoms with Crippen molar-refractivity contribution in [2.45, 2.75) is 19.4 Å². The van der Waals surface area contributed by atoms with Gasteiger partial charge in [0.25, 0.3) is 5.91 Å². The number of nitrogens with one attached hydrogen (secondary N) is 1. The largest absolute Gasteiger partial charge is 0.451 e. The van der Waals surface area contributed by atoms with Crippen molar-refractivity contribution in [3.63, 3.8) is 0 Å². The average Bonchev–Trinajstić information content (AvgIpc) is 3.05. The van der Waals surface area contributed by atoms with E-state index in [4.69, 9.17) is 4.74 Å². The molecule has 0 fully saturated rings. The van der Waals surface area contributed by atoms with Crippen LogP contribution in [0.15, 0.2) is 46.3 Å². The first-order chi connectivity index (χ1) is 10.6. The fourth-order valence-electron chi connectivity index (χ4n) is 1.95. The molecule has 0 bridgehead atoms. The van der Waals surface area contributed by atoms with Gasteiger partial charge < -0.3 is 10.1 Å². The van der Waals surface area contributed by atoms with Gasteiger partial charge in [0.1, 0.15) is 4.88 Å². The van der Waals surface area contributed by atoms with Gasteiger partial charge in [0.15, 0.2) is 6.61 Å². The Bertz CT molecular complexity index is 625. The molecule has 2 rings (SSSR count). The zero-order valence-electron chi connectivity index (χ0n) is 12.0. The minimum Gasteiger partial charge on any atom is -0.451 e. The van der Waals surface area contributed by atoms with Gasteiger partial charge >= 0.3 is 5.97 Å². The predicted octanol–water partition coefficient (Wildman–Crippen LogP) is 3.93. The second-order valence-electron chi connectivity index (χ2n) is 4.63. The van der Waals surface area contributed by atoms with Gasteiger partial charge in [0.05, 0.1) is 6.04 Å². The lowest BCUT2D eigenvalue weighted by Gasteiger charge is -2.17. The minimum atomic E-state index is -0.471. The van der Waals surface area contributed by atoms with Crippen molar-refractivity contribution in [1.82, 2.24) is 5.32 Å². The first-order valence-corrected chi connectivity index (χ1v) is 8.53. The molecule has 1 amide bonds. The molecule has 0 aliphatic heterocycles. The molecule has 4 nitrogen and oxygen atoms in total. The summed E-state index contributed by atoms with van der Waals surface area (Å²) in [6, 6.07) is 11.1. The second-order valence-corrected chi connectivity index (χ2v) is 6.50. The maximum absolute atomic E-state index is 11.9. The molecule has 1 N–H and O–H groups in total. The van der Waals surface area contributed by atoms with Crippen LogP contribution in [0, 0.1) is 0 Å². The van der Waals surface area contributed by atoms with Gasteiger partial charge in [-0.25, -0.2) is 4.79 Å². The van der Waals surface area contributed by atoms with Crippen molar-refractivity contribution >= 4 is 39.1 Å². The highest BCUT2D eigenvalue weighted by Crippen LogP contribution is 2.19. The summed E-state index contributed by atoms with van der Waals surface area (Å²) in [7, 11) is 0. The van der Waals surface area contributed by atoms with Crippen molar-refractivity contribution < 1.29 is 14.3 Å². The average molecular weight is 382 g/mol. The van der Waals surface area contributed by atoms with Crippen LogP contribution in [-0.4, -0.2) is 18.5 Å². The van der Waals surface area contributed by atoms with Crippen molar-refractivity contribution in [2.24, 2.45) is 0 Å². The predicted molar refractivity (Wildman–Crippen MR) is 89.9 cm³/mol. The highest BCUT2D eigenvalue weighted by atomic mass is 79.9. The molecule has 0 saturated heterocycles. The third-order valence-electron chi connectivity index (χ3n) is 3.07. The first-order valence-electron chi connectivity index (χ1n) is 6.85. The molecular weight excluding hydrogens is 366 g/mol. The van der Waals surface area contributed by atoms with Crippen LogP contribution in [0.3, 0.4) is 0 Å². The Balaban J connectivity index is 1.87. The van der Waals surface area contributed by atoms with E-state index in [9.17, 15) is 9.59 Å². The molecule has 1 aromatic heterocycles. The summed E-state index contributed by atoms with van der Waals surface area (Å²) in [4.78, 5) is 24.1. The van der Waals surface area contributed by atoms with E-state index in [-0.39, 0.29) is 18.6 Å². The molecule has 6 heteroatoms. The molecule has 0 unspecified atom stereocenters. The Labute approximate surface area is 141 Å². The van der Waals surface area contributed by atoms with Crippen LogP contribution in [-0.2, 0) is 9.53 Å². The van der Waals surface area contributed by atoms with Gasteiger partial charge in [-0.2, -0.15) is 0 Å². The fraction of sp³-hybridized carbons (Fsp3) is 0.250. The number of halogens is 1. The Morgan fingerprint density at radius 3 is 2.59 bits per heavy atom. The number of hydrogen-bond acceptors (Lipinski definition) is 4. The molecule has 0 radical (unpaired) electrons. The monoisotopic (exact) mass is 381 g/mol. The minimum absolute atomic E-state index is 0.0963. The molecule has 2 aromatic rings. The highest BCUT2D eigenvalue weighted by molar-refractivity contribution is 9.10. The summed E-state index contributed by atoms with van der Waals surface area (Å²) in [5, 5.41) is 4.66. The number of amides is 1. The number of esters is 1. The van der Waals surface area contributed by atoms with E-state index in [1.165, 1.54) is 11.3 Å². The van der Waals surface area contributed by atoms with Crippen LogP contribution >= 0.6 is 27.3 Å². The van der Waals surface area contributed by atoms with E-state index in [2.05, 4.69) is 21.2 Å². The van der Waals surface area contributed by atoms with Crippen LogP contribution < -0.4 is 5.32 Å². The molecule has 22 heavy (non-hydrogen) atoms. The van der Waals surface area contributed by atoms with Crippen LogP contribution in [0.1, 0.15) is 34.6 Å². The number of rotatable bonds is 6. The normalized spacial score (nSPS) is 11.7. The zero-order chi connectivity index (χ0) is 15.9. The van der Waals surface area contributed by atoms with Crippen LogP contribution in [0.4, 0.5) is 0 Å². The van der Waals surface area contributed by atoms with E-state index in [1.54, 1.807) is 17.5 Å². The van der Waals surface area contributed by atoms with Gasteiger partial charge in [-0.15, -0.1) is 11.3 Å². The van der Waals surface area contributed by atoms with Crippen molar-refractivity contribution in [3.05, 3.63) is 56.7 Å². The number of carbonyl (C=O) groups excluding carboxylic acids is 2. The van der Waals surface area contributed by atoms with E-state index in [0.29, 0.717) is 4.88 Å². The number of benzene rings is 1. The van der Waals surface area contributed by atoms with E-state index in [1.807, 2.05) is 31.2 Å². The number of carbonyl (C=O) groups is 2.